The van der Waals surface area contributed by atoms with Gasteiger partial charge in [0.1, 0.15) is 0 Å². The number of benzene rings is 2. The van der Waals surface area contributed by atoms with Crippen LogP contribution < -0.4 is 5.32 Å². The van der Waals surface area contributed by atoms with Gasteiger partial charge in [0.2, 0.25) is 5.91 Å². The first-order valence-corrected chi connectivity index (χ1v) is 7.61. The van der Waals surface area contributed by atoms with Crippen LogP contribution in [0.5, 0.6) is 0 Å². The van der Waals surface area contributed by atoms with E-state index in [1.165, 1.54) is 0 Å². The number of carbonyl (C=O) groups is 1. The Morgan fingerprint density at radius 3 is 2.33 bits per heavy atom. The molecule has 0 aliphatic rings. The summed E-state index contributed by atoms with van der Waals surface area (Å²) in [7, 11) is 0. The van der Waals surface area contributed by atoms with Crippen molar-refractivity contribution in [3.05, 3.63) is 65.5 Å². The Bertz CT molecular complexity index is 705. The van der Waals surface area contributed by atoms with Crippen LogP contribution in [0.4, 0.5) is 18.9 Å². The van der Waals surface area contributed by atoms with Crippen molar-refractivity contribution in [2.75, 3.05) is 11.9 Å². The van der Waals surface area contributed by atoms with Crippen LogP contribution in [0.25, 0.3) is 0 Å². The molecule has 0 aliphatic heterocycles. The van der Waals surface area contributed by atoms with E-state index in [-0.39, 0.29) is 24.2 Å². The smallest absolute Gasteiger partial charge is 0.242 e. The molecule has 0 saturated heterocycles. The minimum absolute atomic E-state index is 0.0608. The summed E-state index contributed by atoms with van der Waals surface area (Å²) >= 11 is 0. The topological polar surface area (TPSA) is 32.3 Å². The highest BCUT2D eigenvalue weighted by atomic mass is 19.2. The number of anilines is 1. The largest absolute Gasteiger partial charge is 0.374 e. The lowest BCUT2D eigenvalue weighted by Gasteiger charge is -2.27. The van der Waals surface area contributed by atoms with Crippen LogP contribution in [-0.4, -0.2) is 23.4 Å². The molecule has 3 nitrogen and oxygen atoms in total. The molecule has 0 bridgehead atoms. The molecule has 2 aromatic rings. The molecule has 2 aromatic carbocycles. The molecule has 2 rings (SSSR count). The summed E-state index contributed by atoms with van der Waals surface area (Å²) < 4.78 is 39.7. The first-order chi connectivity index (χ1) is 11.4. The van der Waals surface area contributed by atoms with Crippen LogP contribution in [0.15, 0.2) is 42.5 Å². The van der Waals surface area contributed by atoms with E-state index < -0.39 is 17.5 Å². The van der Waals surface area contributed by atoms with E-state index in [0.29, 0.717) is 6.54 Å². The van der Waals surface area contributed by atoms with Crippen molar-refractivity contribution in [3.63, 3.8) is 0 Å². The van der Waals surface area contributed by atoms with Crippen LogP contribution >= 0.6 is 0 Å². The van der Waals surface area contributed by atoms with Crippen molar-refractivity contribution in [3.8, 4) is 0 Å². The second-order valence-corrected chi connectivity index (χ2v) is 5.68. The maximum Gasteiger partial charge on any atom is 0.242 e. The van der Waals surface area contributed by atoms with Gasteiger partial charge in [0.25, 0.3) is 0 Å². The van der Waals surface area contributed by atoms with Gasteiger partial charge in [0.05, 0.1) is 12.2 Å². The zero-order valence-electron chi connectivity index (χ0n) is 13.5. The summed E-state index contributed by atoms with van der Waals surface area (Å²) in [5, 5.41) is 2.53. The fourth-order valence-corrected chi connectivity index (χ4v) is 2.27. The monoisotopic (exact) mass is 336 g/mol. The fraction of sp³-hybridized carbons (Fsp3) is 0.278. The molecule has 24 heavy (non-hydrogen) atoms. The molecule has 0 spiro atoms. The van der Waals surface area contributed by atoms with Crippen molar-refractivity contribution in [2.24, 2.45) is 0 Å². The normalized spacial score (nSPS) is 10.8. The molecule has 1 N–H and O–H groups in total. The molecule has 6 heteroatoms. The number of hydrogen-bond acceptors (Lipinski definition) is 2. The van der Waals surface area contributed by atoms with Crippen molar-refractivity contribution >= 4 is 11.6 Å². The van der Waals surface area contributed by atoms with Crippen LogP contribution in [0, 0.1) is 17.5 Å². The van der Waals surface area contributed by atoms with Crippen molar-refractivity contribution in [1.82, 2.24) is 4.90 Å². The molecule has 0 unspecified atom stereocenters. The van der Waals surface area contributed by atoms with E-state index in [0.717, 1.165) is 17.7 Å². The van der Waals surface area contributed by atoms with Crippen LogP contribution in [0.1, 0.15) is 19.4 Å². The van der Waals surface area contributed by atoms with Gasteiger partial charge in [-0.25, -0.2) is 13.2 Å². The molecule has 0 radical (unpaired) electrons. The number of hydrogen-bond donors (Lipinski definition) is 1. The van der Waals surface area contributed by atoms with Crippen molar-refractivity contribution in [1.29, 1.82) is 0 Å². The fourth-order valence-electron chi connectivity index (χ4n) is 2.27. The summed E-state index contributed by atoms with van der Waals surface area (Å²) in [6, 6.07) is 11.3. The Labute approximate surface area is 139 Å². The quantitative estimate of drug-likeness (QED) is 0.810. The highest BCUT2D eigenvalue weighted by molar-refractivity contribution is 5.81. The molecule has 128 valence electrons. The predicted molar refractivity (Wildman–Crippen MR) is 86.9 cm³/mol. The van der Waals surface area contributed by atoms with E-state index in [9.17, 15) is 18.0 Å². The third kappa shape index (κ3) is 4.28. The van der Waals surface area contributed by atoms with Gasteiger partial charge in [-0.3, -0.25) is 4.79 Å². The Balaban J connectivity index is 2.05. The molecule has 0 atom stereocenters. The van der Waals surface area contributed by atoms with Gasteiger partial charge in [-0.2, -0.15) is 0 Å². The average molecular weight is 336 g/mol. The Hall–Kier alpha value is -2.50. The molecule has 0 heterocycles. The molecule has 0 aromatic heterocycles. The number of amides is 1. The van der Waals surface area contributed by atoms with Gasteiger partial charge in [0, 0.05) is 12.6 Å². The summed E-state index contributed by atoms with van der Waals surface area (Å²) in [6.45, 7) is 3.95. The van der Waals surface area contributed by atoms with Crippen LogP contribution in [-0.2, 0) is 11.3 Å². The zero-order chi connectivity index (χ0) is 17.7. The van der Waals surface area contributed by atoms with E-state index in [1.807, 2.05) is 44.2 Å². The van der Waals surface area contributed by atoms with Crippen molar-refractivity contribution < 1.29 is 18.0 Å². The van der Waals surface area contributed by atoms with E-state index in [1.54, 1.807) is 4.90 Å². The van der Waals surface area contributed by atoms with Gasteiger partial charge >= 0.3 is 0 Å². The number of carbonyl (C=O) groups excluding carboxylic acids is 1. The maximum absolute atomic E-state index is 13.6. The minimum atomic E-state index is -1.56. The Kier molecular flexibility index (Phi) is 5.84. The van der Waals surface area contributed by atoms with E-state index in [2.05, 4.69) is 5.32 Å². The number of nitrogens with one attached hydrogen (secondary N) is 1. The summed E-state index contributed by atoms with van der Waals surface area (Å²) in [5.41, 5.74) is 0.726. The van der Waals surface area contributed by atoms with E-state index >= 15 is 0 Å². The molecule has 0 aliphatic carbocycles. The number of rotatable bonds is 6. The first kappa shape index (κ1) is 17.8. The van der Waals surface area contributed by atoms with Crippen LogP contribution in [0.3, 0.4) is 0 Å². The lowest BCUT2D eigenvalue weighted by Crippen LogP contribution is -2.40. The predicted octanol–water partition coefficient (Wildman–Crippen LogP) is 3.95. The Morgan fingerprint density at radius 1 is 1.04 bits per heavy atom. The molecule has 1 amide bonds. The molecular weight excluding hydrogens is 317 g/mol. The summed E-state index contributed by atoms with van der Waals surface area (Å²) in [6.07, 6.45) is 0. The van der Waals surface area contributed by atoms with Gasteiger partial charge in [-0.15, -0.1) is 0 Å². The van der Waals surface area contributed by atoms with Crippen LogP contribution in [0.2, 0.25) is 0 Å². The Morgan fingerprint density at radius 2 is 1.71 bits per heavy atom. The summed E-state index contributed by atoms with van der Waals surface area (Å²) in [5.74, 6) is -4.42. The van der Waals surface area contributed by atoms with Crippen molar-refractivity contribution in [2.45, 2.75) is 26.4 Å². The zero-order valence-corrected chi connectivity index (χ0v) is 13.5. The lowest BCUT2D eigenvalue weighted by atomic mass is 10.2. The molecule has 0 saturated carbocycles. The molecule has 0 fully saturated rings. The second kappa shape index (κ2) is 7.86. The second-order valence-electron chi connectivity index (χ2n) is 5.68. The summed E-state index contributed by atoms with van der Waals surface area (Å²) in [4.78, 5) is 14.0. The number of halogens is 3. The highest BCUT2D eigenvalue weighted by Crippen LogP contribution is 2.19. The maximum atomic E-state index is 13.6. The number of nitrogens with zero attached hydrogens (tertiary/aromatic N) is 1. The lowest BCUT2D eigenvalue weighted by molar-refractivity contribution is -0.131. The third-order valence-corrected chi connectivity index (χ3v) is 3.60. The molecular formula is C18H19F3N2O. The van der Waals surface area contributed by atoms with Gasteiger partial charge in [-0.1, -0.05) is 30.3 Å². The van der Waals surface area contributed by atoms with Gasteiger partial charge in [-0.05, 0) is 31.5 Å². The standard InChI is InChI=1S/C18H19F3N2O/c1-12(2)23(11-13-6-4-3-5-7-13)16(24)10-22-15-9-8-14(19)17(20)18(15)21/h3-9,12,22H,10-11H2,1-2H3. The highest BCUT2D eigenvalue weighted by Gasteiger charge is 2.19. The third-order valence-electron chi connectivity index (χ3n) is 3.60. The van der Waals surface area contributed by atoms with Gasteiger partial charge in [0.15, 0.2) is 17.5 Å². The average Bonchev–Trinajstić information content (AvgIpc) is 2.57. The SMILES string of the molecule is CC(C)N(Cc1ccccc1)C(=O)CNc1ccc(F)c(F)c1F. The minimum Gasteiger partial charge on any atom is -0.374 e. The van der Waals surface area contributed by atoms with Gasteiger partial charge < -0.3 is 10.2 Å². The van der Waals surface area contributed by atoms with E-state index in [4.69, 9.17) is 0 Å². The first-order valence-electron chi connectivity index (χ1n) is 7.61.